The van der Waals surface area contributed by atoms with Gasteiger partial charge in [-0.1, -0.05) is 29.3 Å². The monoisotopic (exact) mass is 422 g/mol. The van der Waals surface area contributed by atoms with E-state index in [-0.39, 0.29) is 17.0 Å². The fraction of sp³-hybridized carbons (Fsp3) is 0.450. The molecule has 2 saturated heterocycles. The number of rotatable bonds is 5. The molecule has 0 amide bonds. The highest BCUT2D eigenvalue weighted by atomic mass is 35.5. The number of aryl methyl sites for hydroxylation is 1. The van der Waals surface area contributed by atoms with Crippen molar-refractivity contribution in [2.24, 2.45) is 0 Å². The number of fused-ring (bicyclic) bond motifs is 2. The van der Waals surface area contributed by atoms with Crippen molar-refractivity contribution in [2.45, 2.75) is 55.4 Å². The molecule has 2 aliphatic rings. The molecule has 4 rings (SSSR count). The topological polar surface area (TPSA) is 68.7 Å². The summed E-state index contributed by atoms with van der Waals surface area (Å²) in [5, 5.41) is 0.403. The van der Waals surface area contributed by atoms with Gasteiger partial charge in [0.2, 0.25) is 0 Å². The molecule has 2 aliphatic heterocycles. The summed E-state index contributed by atoms with van der Waals surface area (Å²) in [6.07, 6.45) is 4.23. The average Bonchev–Trinajstić information content (AvgIpc) is 2.82. The number of nitrogens with zero attached hydrogens (tertiary/aromatic N) is 2. The number of hydrogen-bond acceptors (Lipinski definition) is 6. The van der Waals surface area contributed by atoms with E-state index in [0.29, 0.717) is 23.7 Å². The summed E-state index contributed by atoms with van der Waals surface area (Å²) in [5.74, 6) is 0.620. The maximum atomic E-state index is 12.9. The van der Waals surface area contributed by atoms with E-state index in [9.17, 15) is 8.42 Å². The molecule has 0 spiro atoms. The van der Waals surface area contributed by atoms with Gasteiger partial charge in [-0.2, -0.15) is 8.42 Å². The summed E-state index contributed by atoms with van der Waals surface area (Å²) in [6.45, 7) is 1.92. The van der Waals surface area contributed by atoms with Gasteiger partial charge >= 0.3 is 0 Å². The van der Waals surface area contributed by atoms with Gasteiger partial charge in [0.05, 0.1) is 11.1 Å². The average molecular weight is 423 g/mol. The minimum atomic E-state index is -3.88. The van der Waals surface area contributed by atoms with Crippen molar-refractivity contribution >= 4 is 21.7 Å². The molecule has 1 aromatic carbocycles. The Morgan fingerprint density at radius 1 is 1.21 bits per heavy atom. The van der Waals surface area contributed by atoms with Crippen LogP contribution >= 0.6 is 11.6 Å². The smallest absolute Gasteiger partial charge is 0.298 e. The SMILES string of the molecule is Cc1ccc(S(=O)(=O)OC23CCC(CC(Oc4ccc(Cl)nc4)C2)N3C)cc1. The summed E-state index contributed by atoms with van der Waals surface area (Å²) in [5.41, 5.74) is 0.106. The summed E-state index contributed by atoms with van der Waals surface area (Å²) < 4.78 is 37.8. The Hall–Kier alpha value is -1.67. The Morgan fingerprint density at radius 2 is 1.96 bits per heavy atom. The van der Waals surface area contributed by atoms with Crippen LogP contribution in [0.15, 0.2) is 47.5 Å². The van der Waals surface area contributed by atoms with Gasteiger partial charge in [-0.05, 0) is 51.1 Å². The Morgan fingerprint density at radius 3 is 2.64 bits per heavy atom. The van der Waals surface area contributed by atoms with Gasteiger partial charge in [-0.3, -0.25) is 4.90 Å². The predicted molar refractivity (Wildman–Crippen MR) is 106 cm³/mol. The highest BCUT2D eigenvalue weighted by molar-refractivity contribution is 7.86. The Kier molecular flexibility index (Phi) is 5.12. The molecule has 150 valence electrons. The standard InChI is InChI=1S/C20H23ClN2O4S/c1-14-3-6-18(7-4-14)28(24,25)27-20-10-9-15(23(20)2)11-17(12-20)26-16-5-8-19(21)22-13-16/h3-8,13,15,17H,9-12H2,1-2H3. The second-order valence-electron chi connectivity index (χ2n) is 7.60. The second-order valence-corrected chi connectivity index (χ2v) is 9.53. The molecule has 0 radical (unpaired) electrons. The zero-order valence-corrected chi connectivity index (χ0v) is 17.4. The molecule has 1 aromatic heterocycles. The Balaban J connectivity index is 1.56. The van der Waals surface area contributed by atoms with E-state index in [0.717, 1.165) is 18.4 Å². The third-order valence-electron chi connectivity index (χ3n) is 5.72. The van der Waals surface area contributed by atoms with Crippen molar-refractivity contribution < 1.29 is 17.3 Å². The molecule has 2 bridgehead atoms. The number of ether oxygens (including phenoxy) is 1. The lowest BCUT2D eigenvalue weighted by atomic mass is 9.97. The van der Waals surface area contributed by atoms with Crippen LogP contribution in [0.3, 0.4) is 0 Å². The van der Waals surface area contributed by atoms with Crippen LogP contribution in [0.1, 0.15) is 31.2 Å². The van der Waals surface area contributed by atoms with E-state index in [4.69, 9.17) is 20.5 Å². The first-order chi connectivity index (χ1) is 13.3. The predicted octanol–water partition coefficient (Wildman–Crippen LogP) is 3.78. The maximum absolute atomic E-state index is 12.9. The van der Waals surface area contributed by atoms with E-state index in [2.05, 4.69) is 9.88 Å². The van der Waals surface area contributed by atoms with Crippen LogP contribution in [0.5, 0.6) is 5.75 Å². The largest absolute Gasteiger partial charge is 0.489 e. The molecule has 2 aromatic rings. The Labute approximate surface area is 170 Å². The van der Waals surface area contributed by atoms with Crippen molar-refractivity contribution in [1.82, 2.24) is 9.88 Å². The van der Waals surface area contributed by atoms with Crippen molar-refractivity contribution in [3.05, 3.63) is 53.3 Å². The van der Waals surface area contributed by atoms with Gasteiger partial charge < -0.3 is 4.74 Å². The number of hydrogen-bond donors (Lipinski definition) is 0. The first-order valence-electron chi connectivity index (χ1n) is 9.31. The van der Waals surface area contributed by atoms with Crippen LogP contribution in [0.4, 0.5) is 0 Å². The fourth-order valence-electron chi connectivity index (χ4n) is 4.17. The molecular weight excluding hydrogens is 400 g/mol. The van der Waals surface area contributed by atoms with Crippen LogP contribution in [0, 0.1) is 6.92 Å². The summed E-state index contributed by atoms with van der Waals surface area (Å²) in [4.78, 5) is 6.27. The highest BCUT2D eigenvalue weighted by Gasteiger charge is 2.54. The maximum Gasteiger partial charge on any atom is 0.298 e. The lowest BCUT2D eigenvalue weighted by molar-refractivity contribution is -0.109. The van der Waals surface area contributed by atoms with Gasteiger partial charge in [-0.15, -0.1) is 0 Å². The fourth-order valence-corrected chi connectivity index (χ4v) is 5.52. The minimum absolute atomic E-state index is 0.153. The summed E-state index contributed by atoms with van der Waals surface area (Å²) >= 11 is 5.83. The number of pyridine rings is 1. The third-order valence-corrected chi connectivity index (χ3v) is 7.32. The summed E-state index contributed by atoms with van der Waals surface area (Å²) in [7, 11) is -1.95. The molecule has 2 fully saturated rings. The first-order valence-corrected chi connectivity index (χ1v) is 11.1. The minimum Gasteiger partial charge on any atom is -0.489 e. The molecule has 3 heterocycles. The molecule has 8 heteroatoms. The van der Waals surface area contributed by atoms with Crippen molar-refractivity contribution in [2.75, 3.05) is 7.05 Å². The molecule has 0 saturated carbocycles. The van der Waals surface area contributed by atoms with Gasteiger partial charge in [0, 0.05) is 18.9 Å². The van der Waals surface area contributed by atoms with E-state index in [1.165, 1.54) is 0 Å². The van der Waals surface area contributed by atoms with Gasteiger partial charge in [0.1, 0.15) is 22.7 Å². The zero-order chi connectivity index (χ0) is 19.9. The van der Waals surface area contributed by atoms with Crippen molar-refractivity contribution in [3.8, 4) is 5.75 Å². The highest BCUT2D eigenvalue weighted by Crippen LogP contribution is 2.46. The molecule has 0 N–H and O–H groups in total. The van der Waals surface area contributed by atoms with E-state index in [1.807, 2.05) is 14.0 Å². The van der Waals surface area contributed by atoms with E-state index >= 15 is 0 Å². The molecular formula is C20H23ClN2O4S. The lowest BCUT2D eigenvalue weighted by Crippen LogP contribution is -2.55. The molecule has 3 atom stereocenters. The third kappa shape index (κ3) is 3.76. The van der Waals surface area contributed by atoms with Crippen LogP contribution in [-0.2, 0) is 14.3 Å². The molecule has 0 aliphatic carbocycles. The Bertz CT molecular complexity index is 949. The van der Waals surface area contributed by atoms with Crippen LogP contribution in [0.2, 0.25) is 5.15 Å². The van der Waals surface area contributed by atoms with E-state index in [1.54, 1.807) is 42.6 Å². The first kappa shape index (κ1) is 19.6. The molecule has 6 nitrogen and oxygen atoms in total. The lowest BCUT2D eigenvalue weighted by Gasteiger charge is -2.44. The molecule has 3 unspecified atom stereocenters. The zero-order valence-electron chi connectivity index (χ0n) is 15.8. The normalized spacial score (nSPS) is 27.7. The number of benzene rings is 1. The van der Waals surface area contributed by atoms with Crippen molar-refractivity contribution in [1.29, 1.82) is 0 Å². The van der Waals surface area contributed by atoms with Crippen LogP contribution in [-0.4, -0.2) is 43.2 Å². The second kappa shape index (κ2) is 7.30. The van der Waals surface area contributed by atoms with Crippen LogP contribution in [0.25, 0.3) is 0 Å². The van der Waals surface area contributed by atoms with Gasteiger partial charge in [-0.25, -0.2) is 9.17 Å². The van der Waals surface area contributed by atoms with Gasteiger partial charge in [0.15, 0.2) is 0 Å². The van der Waals surface area contributed by atoms with Crippen molar-refractivity contribution in [3.63, 3.8) is 0 Å². The van der Waals surface area contributed by atoms with E-state index < -0.39 is 15.8 Å². The quantitative estimate of drug-likeness (QED) is 0.539. The van der Waals surface area contributed by atoms with Gasteiger partial charge in [0.25, 0.3) is 10.1 Å². The summed E-state index contributed by atoms with van der Waals surface area (Å²) in [6, 6.07) is 10.4. The number of piperidine rings is 1. The molecule has 28 heavy (non-hydrogen) atoms. The number of halogens is 1. The van der Waals surface area contributed by atoms with Crippen LogP contribution < -0.4 is 4.74 Å². The number of aromatic nitrogens is 1.